The fraction of sp³-hybridized carbons (Fsp3) is 0.391. The zero-order valence-electron chi connectivity index (χ0n) is 16.3. The number of ether oxygens (including phenoxy) is 1. The highest BCUT2D eigenvalue weighted by Crippen LogP contribution is 2.22. The number of halogens is 1. The first kappa shape index (κ1) is 19.4. The number of carbonyl (C=O) groups excluding carboxylic acids is 2. The van der Waals surface area contributed by atoms with Gasteiger partial charge < -0.3 is 15.0 Å². The van der Waals surface area contributed by atoms with E-state index in [4.69, 9.17) is 4.74 Å². The van der Waals surface area contributed by atoms with Gasteiger partial charge in [-0.15, -0.1) is 0 Å². The van der Waals surface area contributed by atoms with Gasteiger partial charge in [-0.1, -0.05) is 12.1 Å². The molecule has 1 N–H and O–H groups in total. The molecule has 1 aliphatic carbocycles. The van der Waals surface area contributed by atoms with Crippen LogP contribution in [-0.4, -0.2) is 41.9 Å². The van der Waals surface area contributed by atoms with E-state index in [1.54, 1.807) is 36.4 Å². The van der Waals surface area contributed by atoms with Crippen molar-refractivity contribution in [3.63, 3.8) is 0 Å². The highest BCUT2D eigenvalue weighted by molar-refractivity contribution is 5.94. The summed E-state index contributed by atoms with van der Waals surface area (Å²) >= 11 is 0. The second-order valence-electron chi connectivity index (χ2n) is 7.77. The Bertz CT molecular complexity index is 880. The topological polar surface area (TPSA) is 58.6 Å². The largest absolute Gasteiger partial charge is 0.491 e. The molecule has 2 aliphatic rings. The quantitative estimate of drug-likeness (QED) is 0.781. The summed E-state index contributed by atoms with van der Waals surface area (Å²) in [6.45, 7) is 1.10. The van der Waals surface area contributed by atoms with Crippen LogP contribution in [0.3, 0.4) is 0 Å². The van der Waals surface area contributed by atoms with Gasteiger partial charge in [0.15, 0.2) is 0 Å². The highest BCUT2D eigenvalue weighted by Gasteiger charge is 2.29. The molecule has 2 aromatic carbocycles. The van der Waals surface area contributed by atoms with Crippen LogP contribution in [0.2, 0.25) is 0 Å². The van der Waals surface area contributed by atoms with Gasteiger partial charge in [-0.3, -0.25) is 9.59 Å². The van der Waals surface area contributed by atoms with Gasteiger partial charge in [0.25, 0.3) is 5.91 Å². The van der Waals surface area contributed by atoms with E-state index in [1.165, 1.54) is 12.1 Å². The third-order valence-electron chi connectivity index (χ3n) is 5.41. The normalized spacial score (nSPS) is 18.5. The van der Waals surface area contributed by atoms with Crippen molar-refractivity contribution in [3.8, 4) is 5.75 Å². The minimum absolute atomic E-state index is 0.00575. The molecule has 1 saturated carbocycles. The average molecular weight is 396 g/mol. The van der Waals surface area contributed by atoms with Gasteiger partial charge in [-0.25, -0.2) is 4.39 Å². The van der Waals surface area contributed by atoms with Crippen molar-refractivity contribution in [1.29, 1.82) is 0 Å². The van der Waals surface area contributed by atoms with Gasteiger partial charge in [0, 0.05) is 18.2 Å². The fourth-order valence-corrected chi connectivity index (χ4v) is 3.65. The summed E-state index contributed by atoms with van der Waals surface area (Å²) in [5.41, 5.74) is 1.30. The smallest absolute Gasteiger partial charge is 0.251 e. The SMILES string of the molecule is O=C(NC1CC1)c1ccc(OCC2CCCN2C(=O)Cc2cccc(F)c2)cc1. The Labute approximate surface area is 169 Å². The van der Waals surface area contributed by atoms with E-state index < -0.39 is 0 Å². The summed E-state index contributed by atoms with van der Waals surface area (Å²) in [4.78, 5) is 26.5. The molecule has 1 heterocycles. The molecule has 1 aliphatic heterocycles. The predicted molar refractivity (Wildman–Crippen MR) is 107 cm³/mol. The van der Waals surface area contributed by atoms with Gasteiger partial charge in [0.1, 0.15) is 18.2 Å². The van der Waals surface area contributed by atoms with Crippen LogP contribution < -0.4 is 10.1 Å². The molecular formula is C23H25FN2O3. The molecule has 1 atom stereocenters. The molecule has 4 rings (SSSR count). The zero-order valence-corrected chi connectivity index (χ0v) is 16.3. The number of rotatable bonds is 7. The molecule has 29 heavy (non-hydrogen) atoms. The maximum Gasteiger partial charge on any atom is 0.251 e. The predicted octanol–water partition coefficient (Wildman–Crippen LogP) is 3.33. The van der Waals surface area contributed by atoms with Crippen molar-refractivity contribution in [1.82, 2.24) is 10.2 Å². The molecule has 0 radical (unpaired) electrons. The number of hydrogen-bond acceptors (Lipinski definition) is 3. The summed E-state index contributed by atoms with van der Waals surface area (Å²) in [5.74, 6) is 0.293. The van der Waals surface area contributed by atoms with Crippen LogP contribution in [0, 0.1) is 5.82 Å². The first-order valence-corrected chi connectivity index (χ1v) is 10.2. The second-order valence-corrected chi connectivity index (χ2v) is 7.77. The molecule has 0 aromatic heterocycles. The molecule has 1 saturated heterocycles. The number of carbonyl (C=O) groups is 2. The Morgan fingerprint density at radius 2 is 1.90 bits per heavy atom. The van der Waals surface area contributed by atoms with Gasteiger partial charge in [0.2, 0.25) is 5.91 Å². The van der Waals surface area contributed by atoms with Crippen LogP contribution in [-0.2, 0) is 11.2 Å². The highest BCUT2D eigenvalue weighted by atomic mass is 19.1. The number of likely N-dealkylation sites (tertiary alicyclic amines) is 1. The number of amides is 2. The van der Waals surface area contributed by atoms with E-state index in [0.717, 1.165) is 25.7 Å². The minimum atomic E-state index is -0.328. The monoisotopic (exact) mass is 396 g/mol. The minimum Gasteiger partial charge on any atom is -0.491 e. The van der Waals surface area contributed by atoms with Crippen molar-refractivity contribution in [2.45, 2.75) is 44.2 Å². The van der Waals surface area contributed by atoms with Crippen LogP contribution in [0.5, 0.6) is 5.75 Å². The summed E-state index contributed by atoms with van der Waals surface area (Å²) in [5, 5.41) is 2.96. The molecule has 5 nitrogen and oxygen atoms in total. The summed E-state index contributed by atoms with van der Waals surface area (Å²) < 4.78 is 19.2. The lowest BCUT2D eigenvalue weighted by Crippen LogP contribution is -2.39. The number of hydrogen-bond donors (Lipinski definition) is 1. The molecule has 152 valence electrons. The van der Waals surface area contributed by atoms with E-state index in [1.807, 2.05) is 4.90 Å². The van der Waals surface area contributed by atoms with Crippen LogP contribution in [0.4, 0.5) is 4.39 Å². The van der Waals surface area contributed by atoms with Crippen LogP contribution in [0.25, 0.3) is 0 Å². The lowest BCUT2D eigenvalue weighted by Gasteiger charge is -2.25. The average Bonchev–Trinajstić information content (AvgIpc) is 3.39. The Hall–Kier alpha value is -2.89. The van der Waals surface area contributed by atoms with Crippen molar-refractivity contribution >= 4 is 11.8 Å². The number of benzene rings is 2. The Morgan fingerprint density at radius 1 is 1.10 bits per heavy atom. The second kappa shape index (κ2) is 8.64. The summed E-state index contributed by atoms with van der Waals surface area (Å²) in [7, 11) is 0. The Kier molecular flexibility index (Phi) is 5.79. The van der Waals surface area contributed by atoms with Gasteiger partial charge in [-0.2, -0.15) is 0 Å². The van der Waals surface area contributed by atoms with Crippen LogP contribution in [0.15, 0.2) is 48.5 Å². The van der Waals surface area contributed by atoms with Crippen LogP contribution >= 0.6 is 0 Å². The molecule has 2 amide bonds. The van der Waals surface area contributed by atoms with Crippen molar-refractivity contribution < 1.29 is 18.7 Å². The molecule has 1 unspecified atom stereocenters. The van der Waals surface area contributed by atoms with E-state index in [2.05, 4.69) is 5.32 Å². The zero-order chi connectivity index (χ0) is 20.2. The fourth-order valence-electron chi connectivity index (χ4n) is 3.65. The van der Waals surface area contributed by atoms with Crippen molar-refractivity contribution in [2.24, 2.45) is 0 Å². The van der Waals surface area contributed by atoms with E-state index in [0.29, 0.717) is 36.1 Å². The maximum absolute atomic E-state index is 13.4. The maximum atomic E-state index is 13.4. The number of nitrogens with zero attached hydrogens (tertiary/aromatic N) is 1. The van der Waals surface area contributed by atoms with Gasteiger partial charge in [-0.05, 0) is 67.6 Å². The third kappa shape index (κ3) is 5.13. The number of nitrogens with one attached hydrogen (secondary N) is 1. The molecule has 2 fully saturated rings. The van der Waals surface area contributed by atoms with Crippen LogP contribution in [0.1, 0.15) is 41.6 Å². The molecule has 6 heteroatoms. The Balaban J connectivity index is 1.30. The third-order valence-corrected chi connectivity index (χ3v) is 5.41. The molecular weight excluding hydrogens is 371 g/mol. The van der Waals surface area contributed by atoms with E-state index in [-0.39, 0.29) is 30.1 Å². The molecule has 2 aromatic rings. The standard InChI is InChI=1S/C23H25FN2O3/c24-18-4-1-3-16(13-18)14-22(27)26-12-2-5-20(26)15-29-21-10-6-17(7-11-21)23(28)25-19-8-9-19/h1,3-4,6-7,10-11,13,19-20H,2,5,8-9,12,14-15H2,(H,25,28). The Morgan fingerprint density at radius 3 is 2.62 bits per heavy atom. The van der Waals surface area contributed by atoms with Gasteiger partial charge in [0.05, 0.1) is 12.5 Å². The van der Waals surface area contributed by atoms with E-state index in [9.17, 15) is 14.0 Å². The first-order chi connectivity index (χ1) is 14.1. The molecule has 0 bridgehead atoms. The van der Waals surface area contributed by atoms with Crippen molar-refractivity contribution in [2.75, 3.05) is 13.2 Å². The van der Waals surface area contributed by atoms with Gasteiger partial charge >= 0.3 is 0 Å². The first-order valence-electron chi connectivity index (χ1n) is 10.2. The summed E-state index contributed by atoms with van der Waals surface area (Å²) in [6, 6.07) is 13.6. The lowest BCUT2D eigenvalue weighted by atomic mass is 10.1. The summed E-state index contributed by atoms with van der Waals surface area (Å²) in [6.07, 6.45) is 4.13. The molecule has 0 spiro atoms. The van der Waals surface area contributed by atoms with E-state index >= 15 is 0 Å². The van der Waals surface area contributed by atoms with Crippen molar-refractivity contribution in [3.05, 3.63) is 65.5 Å². The lowest BCUT2D eigenvalue weighted by molar-refractivity contribution is -0.131.